The van der Waals surface area contributed by atoms with Crippen LogP contribution in [0.3, 0.4) is 0 Å². The summed E-state index contributed by atoms with van der Waals surface area (Å²) in [6.45, 7) is 8.80. The Bertz CT molecular complexity index is 458. The Morgan fingerprint density at radius 2 is 1.79 bits per heavy atom. The third kappa shape index (κ3) is 1.54. The summed E-state index contributed by atoms with van der Waals surface area (Å²) in [7, 11) is 0. The van der Waals surface area contributed by atoms with E-state index in [0.29, 0.717) is 0 Å². The minimum Gasteiger partial charge on any atom is -0.358 e. The van der Waals surface area contributed by atoms with Gasteiger partial charge in [0.25, 0.3) is 0 Å². The molecule has 0 fully saturated rings. The first-order valence-corrected chi connectivity index (χ1v) is 5.07. The number of fused-ring (bicyclic) bond motifs is 1. The van der Waals surface area contributed by atoms with Crippen LogP contribution in [0.1, 0.15) is 32.0 Å². The average molecular weight is 187 g/mol. The van der Waals surface area contributed by atoms with Crippen LogP contribution in [-0.2, 0) is 5.41 Å². The number of hydrogen-bond donors (Lipinski definition) is 1. The van der Waals surface area contributed by atoms with Crippen molar-refractivity contribution in [2.75, 3.05) is 0 Å². The van der Waals surface area contributed by atoms with Gasteiger partial charge in [0.15, 0.2) is 0 Å². The summed E-state index contributed by atoms with van der Waals surface area (Å²) in [5, 5.41) is 1.31. The van der Waals surface area contributed by atoms with Crippen molar-refractivity contribution in [3.05, 3.63) is 35.5 Å². The van der Waals surface area contributed by atoms with Crippen LogP contribution >= 0.6 is 0 Å². The molecule has 0 atom stereocenters. The molecule has 14 heavy (non-hydrogen) atoms. The molecule has 0 unspecified atom stereocenters. The van der Waals surface area contributed by atoms with Gasteiger partial charge in [0.2, 0.25) is 0 Å². The first kappa shape index (κ1) is 9.32. The van der Waals surface area contributed by atoms with E-state index in [1.54, 1.807) is 0 Å². The minimum absolute atomic E-state index is 0.201. The van der Waals surface area contributed by atoms with E-state index < -0.39 is 0 Å². The summed E-state index contributed by atoms with van der Waals surface area (Å²) >= 11 is 0. The third-order valence-electron chi connectivity index (χ3n) is 2.59. The predicted octanol–water partition coefficient (Wildman–Crippen LogP) is 3.77. The Labute approximate surface area is 85.1 Å². The van der Waals surface area contributed by atoms with E-state index >= 15 is 0 Å². The second-order valence-electron chi connectivity index (χ2n) is 5.02. The quantitative estimate of drug-likeness (QED) is 0.646. The van der Waals surface area contributed by atoms with Crippen LogP contribution in [0.4, 0.5) is 0 Å². The second-order valence-corrected chi connectivity index (χ2v) is 5.02. The van der Waals surface area contributed by atoms with Gasteiger partial charge in [0.1, 0.15) is 0 Å². The van der Waals surface area contributed by atoms with Crippen molar-refractivity contribution in [2.45, 2.75) is 33.1 Å². The van der Waals surface area contributed by atoms with Crippen LogP contribution in [0, 0.1) is 6.92 Å². The summed E-state index contributed by atoms with van der Waals surface area (Å²) in [4.78, 5) is 3.48. The van der Waals surface area contributed by atoms with E-state index in [1.807, 2.05) is 0 Å². The van der Waals surface area contributed by atoms with Gasteiger partial charge in [-0.1, -0.05) is 32.9 Å². The Morgan fingerprint density at radius 1 is 1.07 bits per heavy atom. The zero-order chi connectivity index (χ0) is 10.3. The molecule has 2 rings (SSSR count). The van der Waals surface area contributed by atoms with Crippen molar-refractivity contribution in [1.29, 1.82) is 0 Å². The van der Waals surface area contributed by atoms with Gasteiger partial charge >= 0.3 is 0 Å². The van der Waals surface area contributed by atoms with E-state index in [4.69, 9.17) is 0 Å². The second kappa shape index (κ2) is 2.88. The number of H-pyrrole nitrogens is 1. The molecule has 0 saturated carbocycles. The summed E-state index contributed by atoms with van der Waals surface area (Å²) in [6, 6.07) is 8.78. The number of aryl methyl sites for hydroxylation is 1. The minimum atomic E-state index is 0.201. The summed E-state index contributed by atoms with van der Waals surface area (Å²) in [6.07, 6.45) is 0. The molecule has 1 heterocycles. The Morgan fingerprint density at radius 3 is 2.43 bits per heavy atom. The predicted molar refractivity (Wildman–Crippen MR) is 61.7 cm³/mol. The maximum absolute atomic E-state index is 3.48. The first-order chi connectivity index (χ1) is 6.47. The van der Waals surface area contributed by atoms with Gasteiger partial charge in [-0.2, -0.15) is 0 Å². The molecule has 1 N–H and O–H groups in total. The Balaban J connectivity index is 2.63. The first-order valence-electron chi connectivity index (χ1n) is 5.07. The zero-order valence-corrected chi connectivity index (χ0v) is 9.31. The summed E-state index contributed by atoms with van der Waals surface area (Å²) in [5.74, 6) is 0. The van der Waals surface area contributed by atoms with E-state index in [-0.39, 0.29) is 5.41 Å². The molecule has 0 amide bonds. The lowest BCUT2D eigenvalue weighted by Crippen LogP contribution is -2.10. The van der Waals surface area contributed by atoms with Gasteiger partial charge in [-0.05, 0) is 30.0 Å². The molecule has 1 aromatic carbocycles. The van der Waals surface area contributed by atoms with Gasteiger partial charge in [-0.15, -0.1) is 0 Å². The van der Waals surface area contributed by atoms with Crippen molar-refractivity contribution in [1.82, 2.24) is 4.98 Å². The third-order valence-corrected chi connectivity index (χ3v) is 2.59. The molecular weight excluding hydrogens is 170 g/mol. The lowest BCUT2D eigenvalue weighted by molar-refractivity contribution is 0.574. The standard InChI is InChI=1S/C13H17N/c1-9-5-6-10-8-12(13(2,3)4)14-11(10)7-9/h5-8,14H,1-4H3. The molecule has 0 radical (unpaired) electrons. The SMILES string of the molecule is Cc1ccc2cc(C(C)(C)C)[nH]c2c1. The maximum atomic E-state index is 3.48. The molecule has 1 nitrogen and oxygen atoms in total. The molecule has 0 spiro atoms. The van der Waals surface area contributed by atoms with Crippen LogP contribution in [0.25, 0.3) is 10.9 Å². The van der Waals surface area contributed by atoms with E-state index in [0.717, 1.165) is 0 Å². The van der Waals surface area contributed by atoms with Crippen molar-refractivity contribution in [2.24, 2.45) is 0 Å². The lowest BCUT2D eigenvalue weighted by atomic mass is 9.92. The number of aromatic amines is 1. The molecule has 0 aliphatic carbocycles. The van der Waals surface area contributed by atoms with Crippen molar-refractivity contribution < 1.29 is 0 Å². The topological polar surface area (TPSA) is 15.8 Å². The highest BCUT2D eigenvalue weighted by molar-refractivity contribution is 5.81. The maximum Gasteiger partial charge on any atom is 0.0458 e. The van der Waals surface area contributed by atoms with Gasteiger partial charge in [-0.25, -0.2) is 0 Å². The van der Waals surface area contributed by atoms with Gasteiger partial charge in [-0.3, -0.25) is 0 Å². The molecule has 74 valence electrons. The molecule has 1 heteroatoms. The molecule has 0 bridgehead atoms. The van der Waals surface area contributed by atoms with Crippen molar-refractivity contribution >= 4 is 10.9 Å². The van der Waals surface area contributed by atoms with Crippen LogP contribution in [0.5, 0.6) is 0 Å². The molecule has 0 saturated heterocycles. The number of rotatable bonds is 0. The summed E-state index contributed by atoms with van der Waals surface area (Å²) in [5.41, 5.74) is 4.06. The number of nitrogens with one attached hydrogen (secondary N) is 1. The van der Waals surface area contributed by atoms with Crippen LogP contribution < -0.4 is 0 Å². The van der Waals surface area contributed by atoms with Crippen LogP contribution in [0.2, 0.25) is 0 Å². The van der Waals surface area contributed by atoms with E-state index in [2.05, 4.69) is 56.9 Å². The van der Waals surface area contributed by atoms with Crippen molar-refractivity contribution in [3.8, 4) is 0 Å². The highest BCUT2D eigenvalue weighted by atomic mass is 14.7. The average Bonchev–Trinajstić information content (AvgIpc) is 2.45. The Kier molecular flexibility index (Phi) is 1.91. The van der Waals surface area contributed by atoms with Gasteiger partial charge in [0.05, 0.1) is 0 Å². The molecular formula is C13H17N. The zero-order valence-electron chi connectivity index (χ0n) is 9.31. The van der Waals surface area contributed by atoms with Crippen molar-refractivity contribution in [3.63, 3.8) is 0 Å². The summed E-state index contributed by atoms with van der Waals surface area (Å²) < 4.78 is 0. The highest BCUT2D eigenvalue weighted by Crippen LogP contribution is 2.25. The normalized spacial score (nSPS) is 12.3. The number of hydrogen-bond acceptors (Lipinski definition) is 0. The van der Waals surface area contributed by atoms with Gasteiger partial charge in [0, 0.05) is 16.6 Å². The number of benzene rings is 1. The Hall–Kier alpha value is -1.24. The van der Waals surface area contributed by atoms with Gasteiger partial charge < -0.3 is 4.98 Å². The fourth-order valence-electron chi connectivity index (χ4n) is 1.64. The van der Waals surface area contributed by atoms with E-state index in [1.165, 1.54) is 22.2 Å². The van der Waals surface area contributed by atoms with E-state index in [9.17, 15) is 0 Å². The van der Waals surface area contributed by atoms with Crippen LogP contribution in [-0.4, -0.2) is 4.98 Å². The molecule has 0 aliphatic rings. The highest BCUT2D eigenvalue weighted by Gasteiger charge is 2.15. The fourth-order valence-corrected chi connectivity index (χ4v) is 1.64. The lowest BCUT2D eigenvalue weighted by Gasteiger charge is -2.15. The van der Waals surface area contributed by atoms with Crippen LogP contribution in [0.15, 0.2) is 24.3 Å². The molecule has 2 aromatic rings. The smallest absolute Gasteiger partial charge is 0.0458 e. The molecule has 1 aromatic heterocycles. The fraction of sp³-hybridized carbons (Fsp3) is 0.385. The monoisotopic (exact) mass is 187 g/mol. The largest absolute Gasteiger partial charge is 0.358 e. The number of aromatic nitrogens is 1. The molecule has 0 aliphatic heterocycles.